The van der Waals surface area contributed by atoms with Crippen molar-refractivity contribution in [2.24, 2.45) is 0 Å². The van der Waals surface area contributed by atoms with Crippen LogP contribution >= 0.6 is 0 Å². The zero-order valence-electron chi connectivity index (χ0n) is 11.9. The Morgan fingerprint density at radius 2 is 1.29 bits per heavy atom. The quantitative estimate of drug-likeness (QED) is 0.559. The van der Waals surface area contributed by atoms with E-state index in [1.165, 1.54) is 30.3 Å². The molecule has 0 amide bonds. The van der Waals surface area contributed by atoms with Crippen molar-refractivity contribution in [2.75, 3.05) is 0 Å². The van der Waals surface area contributed by atoms with Crippen molar-refractivity contribution in [1.82, 2.24) is 0 Å². The molecule has 0 aliphatic rings. The molecule has 0 unspecified atom stereocenters. The highest BCUT2D eigenvalue weighted by molar-refractivity contribution is 6.04. The number of esters is 1. The van der Waals surface area contributed by atoms with Crippen LogP contribution in [-0.4, -0.2) is 39.2 Å². The fourth-order valence-corrected chi connectivity index (χ4v) is 1.92. The molecule has 8 nitrogen and oxygen atoms in total. The van der Waals surface area contributed by atoms with Gasteiger partial charge in [0.05, 0.1) is 16.7 Å². The molecule has 0 radical (unpaired) electrons. The third-order valence-electron chi connectivity index (χ3n) is 3.04. The Morgan fingerprint density at radius 1 is 0.708 bits per heavy atom. The minimum atomic E-state index is -1.56. The predicted molar refractivity (Wildman–Crippen MR) is 78.7 cm³/mol. The van der Waals surface area contributed by atoms with Crippen LogP contribution in [0.1, 0.15) is 41.4 Å². The number of carboxylic acids is 3. The topological polar surface area (TPSA) is 138 Å². The molecule has 0 atom stereocenters. The number of hydrogen-bond acceptors (Lipinski definition) is 5. The molecule has 122 valence electrons. The summed E-state index contributed by atoms with van der Waals surface area (Å²) in [6.45, 7) is 0. The SMILES string of the molecule is O=C(O)c1ccc(C(=O)Oc2cccc(C(=O)O)c2C(=O)O)cc1. The Hall–Kier alpha value is -3.68. The average Bonchev–Trinajstić information content (AvgIpc) is 2.54. The number of hydrogen-bond donors (Lipinski definition) is 3. The molecule has 3 N–H and O–H groups in total. The summed E-state index contributed by atoms with van der Waals surface area (Å²) >= 11 is 0. The second-order valence-electron chi connectivity index (χ2n) is 4.56. The van der Waals surface area contributed by atoms with Crippen LogP contribution in [0.5, 0.6) is 5.75 Å². The molecule has 2 rings (SSSR count). The van der Waals surface area contributed by atoms with Gasteiger partial charge in [-0.2, -0.15) is 0 Å². The van der Waals surface area contributed by atoms with Crippen molar-refractivity contribution < 1.29 is 39.2 Å². The fourth-order valence-electron chi connectivity index (χ4n) is 1.92. The molecule has 2 aromatic carbocycles. The normalized spacial score (nSPS) is 10.0. The lowest BCUT2D eigenvalue weighted by molar-refractivity contribution is 0.0637. The smallest absolute Gasteiger partial charge is 0.343 e. The summed E-state index contributed by atoms with van der Waals surface area (Å²) in [5.41, 5.74) is -1.22. The minimum Gasteiger partial charge on any atom is -0.478 e. The first kappa shape index (κ1) is 16.7. The van der Waals surface area contributed by atoms with Crippen molar-refractivity contribution in [2.45, 2.75) is 0 Å². The summed E-state index contributed by atoms with van der Waals surface area (Å²) in [5, 5.41) is 27.0. The van der Waals surface area contributed by atoms with Gasteiger partial charge in [0, 0.05) is 0 Å². The maximum Gasteiger partial charge on any atom is 0.343 e. The van der Waals surface area contributed by atoms with Crippen LogP contribution in [0.15, 0.2) is 42.5 Å². The summed E-state index contributed by atoms with van der Waals surface area (Å²) in [7, 11) is 0. The van der Waals surface area contributed by atoms with Gasteiger partial charge in [-0.1, -0.05) is 6.07 Å². The Morgan fingerprint density at radius 3 is 1.79 bits per heavy atom. The van der Waals surface area contributed by atoms with Gasteiger partial charge in [0.25, 0.3) is 0 Å². The van der Waals surface area contributed by atoms with Gasteiger partial charge in [0.1, 0.15) is 11.3 Å². The third-order valence-corrected chi connectivity index (χ3v) is 3.04. The van der Waals surface area contributed by atoms with E-state index in [1.807, 2.05) is 0 Å². The number of carbonyl (C=O) groups excluding carboxylic acids is 1. The first-order valence-electron chi connectivity index (χ1n) is 6.46. The van der Waals surface area contributed by atoms with Crippen LogP contribution < -0.4 is 4.74 Å². The summed E-state index contributed by atoms with van der Waals surface area (Å²) < 4.78 is 4.95. The lowest BCUT2D eigenvalue weighted by Gasteiger charge is -2.09. The van der Waals surface area contributed by atoms with Gasteiger partial charge in [-0.3, -0.25) is 0 Å². The van der Waals surface area contributed by atoms with E-state index in [9.17, 15) is 19.2 Å². The van der Waals surface area contributed by atoms with Crippen molar-refractivity contribution in [3.8, 4) is 5.75 Å². The first-order chi connectivity index (χ1) is 11.3. The number of carbonyl (C=O) groups is 4. The van der Waals surface area contributed by atoms with Gasteiger partial charge in [-0.15, -0.1) is 0 Å². The molecule has 0 fully saturated rings. The summed E-state index contributed by atoms with van der Waals surface area (Å²) in [6, 6.07) is 8.24. The molecule has 8 heteroatoms. The highest BCUT2D eigenvalue weighted by Crippen LogP contribution is 2.24. The van der Waals surface area contributed by atoms with E-state index in [1.54, 1.807) is 0 Å². The van der Waals surface area contributed by atoms with Gasteiger partial charge in [0.2, 0.25) is 0 Å². The molecule has 0 aliphatic heterocycles. The largest absolute Gasteiger partial charge is 0.478 e. The summed E-state index contributed by atoms with van der Waals surface area (Å²) in [6.07, 6.45) is 0. The third kappa shape index (κ3) is 3.38. The van der Waals surface area contributed by atoms with Gasteiger partial charge < -0.3 is 20.1 Å². The first-order valence-corrected chi connectivity index (χ1v) is 6.46. The number of aromatic carboxylic acids is 3. The molecule has 0 aliphatic carbocycles. The Balaban J connectivity index is 2.35. The maximum atomic E-state index is 12.0. The van der Waals surface area contributed by atoms with Crippen molar-refractivity contribution in [3.63, 3.8) is 0 Å². The van der Waals surface area contributed by atoms with E-state index in [2.05, 4.69) is 0 Å². The lowest BCUT2D eigenvalue weighted by Crippen LogP contribution is -2.15. The second-order valence-corrected chi connectivity index (χ2v) is 4.56. The summed E-state index contributed by atoms with van der Waals surface area (Å²) in [4.78, 5) is 45.1. The molecule has 0 heterocycles. The monoisotopic (exact) mass is 330 g/mol. The number of ether oxygens (including phenoxy) is 1. The molecule has 0 saturated carbocycles. The van der Waals surface area contributed by atoms with Crippen LogP contribution in [0, 0.1) is 0 Å². The van der Waals surface area contributed by atoms with Crippen LogP contribution in [0.25, 0.3) is 0 Å². The zero-order chi connectivity index (χ0) is 17.9. The summed E-state index contributed by atoms with van der Waals surface area (Å²) in [5.74, 6) is -5.57. The number of carboxylic acid groups (broad SMARTS) is 3. The van der Waals surface area contributed by atoms with Crippen molar-refractivity contribution in [3.05, 3.63) is 64.7 Å². The average molecular weight is 330 g/mol. The second kappa shape index (κ2) is 6.61. The molecule has 0 saturated heterocycles. The highest BCUT2D eigenvalue weighted by atomic mass is 16.5. The highest BCUT2D eigenvalue weighted by Gasteiger charge is 2.23. The molecule has 0 aromatic heterocycles. The van der Waals surface area contributed by atoms with Gasteiger partial charge in [0.15, 0.2) is 0 Å². The molecular weight excluding hydrogens is 320 g/mol. The standard InChI is InChI=1S/C16H10O8/c17-13(18)8-4-6-9(7-5-8)16(23)24-11-3-1-2-10(14(19)20)12(11)15(21)22/h1-7H,(H,17,18)(H,19,20)(H,21,22). The van der Waals surface area contributed by atoms with E-state index in [4.69, 9.17) is 20.1 Å². The molecule has 0 bridgehead atoms. The molecular formula is C16H10O8. The Labute approximate surface area is 134 Å². The predicted octanol–water partition coefficient (Wildman–Crippen LogP) is 2.00. The van der Waals surface area contributed by atoms with E-state index in [-0.39, 0.29) is 11.1 Å². The maximum absolute atomic E-state index is 12.0. The minimum absolute atomic E-state index is 0.0166. The van der Waals surface area contributed by atoms with Crippen molar-refractivity contribution in [1.29, 1.82) is 0 Å². The van der Waals surface area contributed by atoms with Crippen LogP contribution in [-0.2, 0) is 0 Å². The van der Waals surface area contributed by atoms with Crippen molar-refractivity contribution >= 4 is 23.9 Å². The lowest BCUT2D eigenvalue weighted by atomic mass is 10.1. The van der Waals surface area contributed by atoms with E-state index >= 15 is 0 Å². The molecule has 0 spiro atoms. The molecule has 2 aromatic rings. The van der Waals surface area contributed by atoms with Crippen LogP contribution in [0.2, 0.25) is 0 Å². The zero-order valence-corrected chi connectivity index (χ0v) is 11.9. The van der Waals surface area contributed by atoms with E-state index in [0.29, 0.717) is 0 Å². The number of benzene rings is 2. The van der Waals surface area contributed by atoms with E-state index < -0.39 is 40.8 Å². The number of rotatable bonds is 5. The Kier molecular flexibility index (Phi) is 4.60. The van der Waals surface area contributed by atoms with Gasteiger partial charge >= 0.3 is 23.9 Å². The van der Waals surface area contributed by atoms with Gasteiger partial charge in [-0.25, -0.2) is 19.2 Å². The van der Waals surface area contributed by atoms with E-state index in [0.717, 1.165) is 12.1 Å². The van der Waals surface area contributed by atoms with Gasteiger partial charge in [-0.05, 0) is 36.4 Å². The fraction of sp³-hybridized carbons (Fsp3) is 0. The molecule has 24 heavy (non-hydrogen) atoms. The van der Waals surface area contributed by atoms with Crippen LogP contribution in [0.4, 0.5) is 0 Å². The Bertz CT molecular complexity index is 836. The van der Waals surface area contributed by atoms with Crippen LogP contribution in [0.3, 0.4) is 0 Å².